The van der Waals surface area contributed by atoms with E-state index in [1.165, 1.54) is 19.2 Å². The number of amides is 2. The minimum absolute atomic E-state index is 0.00180. The van der Waals surface area contributed by atoms with Crippen molar-refractivity contribution in [3.63, 3.8) is 0 Å². The lowest BCUT2D eigenvalue weighted by atomic mass is 9.91. The van der Waals surface area contributed by atoms with Crippen molar-refractivity contribution < 1.29 is 38.1 Å². The molecule has 4 rings (SSSR count). The molecule has 0 radical (unpaired) electrons. The van der Waals surface area contributed by atoms with Gasteiger partial charge in [-0.25, -0.2) is 9.18 Å². The van der Waals surface area contributed by atoms with Gasteiger partial charge in [0.15, 0.2) is 0 Å². The first-order chi connectivity index (χ1) is 23.4. The molecule has 0 spiro atoms. The first-order valence-electron chi connectivity index (χ1n) is 17.6. The van der Waals surface area contributed by atoms with Gasteiger partial charge in [0.1, 0.15) is 24.6 Å². The SMILES string of the molecule is COCC(=O)N1CCC(CNc2cc(F)cc(/C=C(\C)[C@H]3OC(=O)C[C@@H](O)CC[C@@H](C)[C@@H](OC(=O)N4CCN(C)CC4)/C=C\[C@@H]3C)c2)CC1. The van der Waals surface area contributed by atoms with Crippen LogP contribution in [0.2, 0.25) is 0 Å². The zero-order chi connectivity index (χ0) is 35.5. The normalized spacial score (nSPS) is 27.4. The predicted octanol–water partition coefficient (Wildman–Crippen LogP) is 4.56. The van der Waals surface area contributed by atoms with Gasteiger partial charge in [-0.05, 0) is 86.9 Å². The average molecular weight is 687 g/mol. The van der Waals surface area contributed by atoms with Crippen LogP contribution >= 0.6 is 0 Å². The lowest BCUT2D eigenvalue weighted by Crippen LogP contribution is -2.48. The van der Waals surface area contributed by atoms with Crippen LogP contribution in [0.3, 0.4) is 0 Å². The van der Waals surface area contributed by atoms with Gasteiger partial charge in [-0.15, -0.1) is 0 Å². The number of nitrogens with one attached hydrogen (secondary N) is 1. The summed E-state index contributed by atoms with van der Waals surface area (Å²) in [4.78, 5) is 43.8. The largest absolute Gasteiger partial charge is 0.457 e. The van der Waals surface area contributed by atoms with Crippen molar-refractivity contribution in [3.05, 3.63) is 47.3 Å². The molecule has 0 unspecified atom stereocenters. The Labute approximate surface area is 290 Å². The van der Waals surface area contributed by atoms with Crippen LogP contribution in [-0.4, -0.2) is 123 Å². The number of hydrogen-bond acceptors (Lipinski definition) is 9. The molecule has 1 aromatic rings. The Morgan fingerprint density at radius 2 is 1.73 bits per heavy atom. The Morgan fingerprint density at radius 3 is 2.43 bits per heavy atom. The molecule has 0 aromatic heterocycles. The Balaban J connectivity index is 1.46. The predicted molar refractivity (Wildman–Crippen MR) is 186 cm³/mol. The first-order valence-corrected chi connectivity index (χ1v) is 17.6. The Hall–Kier alpha value is -3.48. The number of hydrogen-bond donors (Lipinski definition) is 2. The van der Waals surface area contributed by atoms with Gasteiger partial charge in [-0.1, -0.05) is 26.0 Å². The number of aliphatic hydroxyl groups is 1. The number of nitrogens with zero attached hydrogens (tertiary/aromatic N) is 3. The second-order valence-electron chi connectivity index (χ2n) is 14.0. The van der Waals surface area contributed by atoms with Crippen LogP contribution in [-0.2, 0) is 23.8 Å². The van der Waals surface area contributed by atoms with E-state index < -0.39 is 30.1 Å². The van der Waals surface area contributed by atoms with Gasteiger partial charge in [-0.2, -0.15) is 0 Å². The molecule has 11 nitrogen and oxygen atoms in total. The topological polar surface area (TPSA) is 121 Å². The van der Waals surface area contributed by atoms with Gasteiger partial charge >= 0.3 is 12.1 Å². The summed E-state index contributed by atoms with van der Waals surface area (Å²) < 4.78 is 31.7. The van der Waals surface area contributed by atoms with E-state index >= 15 is 0 Å². The molecule has 272 valence electrons. The molecular formula is C37H55FN4O7. The van der Waals surface area contributed by atoms with Gasteiger partial charge in [0.05, 0.1) is 12.5 Å². The van der Waals surface area contributed by atoms with Crippen LogP contribution in [0.15, 0.2) is 35.9 Å². The van der Waals surface area contributed by atoms with Gasteiger partial charge < -0.3 is 39.3 Å². The summed E-state index contributed by atoms with van der Waals surface area (Å²) >= 11 is 0. The quantitative estimate of drug-likeness (QED) is 0.300. The highest BCUT2D eigenvalue weighted by molar-refractivity contribution is 5.77. The van der Waals surface area contributed by atoms with Crippen molar-refractivity contribution >= 4 is 29.7 Å². The summed E-state index contributed by atoms with van der Waals surface area (Å²) in [7, 11) is 3.54. The Kier molecular flexibility index (Phi) is 14.5. The van der Waals surface area contributed by atoms with Crippen LogP contribution < -0.4 is 5.32 Å². The van der Waals surface area contributed by atoms with Gasteiger partial charge in [-0.3, -0.25) is 9.59 Å². The van der Waals surface area contributed by atoms with Crippen LogP contribution in [0.4, 0.5) is 14.9 Å². The molecule has 12 heteroatoms. The fourth-order valence-electron chi connectivity index (χ4n) is 6.64. The molecule has 1 aromatic carbocycles. The van der Waals surface area contributed by atoms with E-state index in [1.807, 2.05) is 57.0 Å². The van der Waals surface area contributed by atoms with Crippen LogP contribution in [0, 0.1) is 23.6 Å². The van der Waals surface area contributed by atoms with Gasteiger partial charge in [0.25, 0.3) is 0 Å². The maximum Gasteiger partial charge on any atom is 0.410 e. The number of likely N-dealkylation sites (tertiary alicyclic amines) is 1. The van der Waals surface area contributed by atoms with Crippen LogP contribution in [0.5, 0.6) is 0 Å². The third-order valence-electron chi connectivity index (χ3n) is 9.85. The second-order valence-corrected chi connectivity index (χ2v) is 14.0. The number of esters is 1. The van der Waals surface area contributed by atoms with Crippen molar-refractivity contribution in [2.45, 2.75) is 71.2 Å². The molecule has 0 aliphatic carbocycles. The molecule has 2 N–H and O–H groups in total. The van der Waals surface area contributed by atoms with E-state index in [9.17, 15) is 23.9 Å². The second kappa shape index (κ2) is 18.5. The molecule has 2 fully saturated rings. The minimum atomic E-state index is -0.887. The molecule has 3 heterocycles. The van der Waals surface area contributed by atoms with E-state index in [0.29, 0.717) is 68.3 Å². The number of carbonyl (C=O) groups is 3. The lowest BCUT2D eigenvalue weighted by Gasteiger charge is -2.33. The van der Waals surface area contributed by atoms with Crippen molar-refractivity contribution in [1.82, 2.24) is 14.7 Å². The molecule has 2 amide bonds. The number of anilines is 1. The van der Waals surface area contributed by atoms with Crippen LogP contribution in [0.25, 0.3) is 6.08 Å². The highest BCUT2D eigenvalue weighted by Gasteiger charge is 2.29. The van der Waals surface area contributed by atoms with Crippen molar-refractivity contribution in [2.75, 3.05) is 71.9 Å². The monoisotopic (exact) mass is 686 g/mol. The molecule has 0 saturated carbocycles. The number of rotatable bonds is 8. The molecule has 0 bridgehead atoms. The maximum atomic E-state index is 14.8. The van der Waals surface area contributed by atoms with Gasteiger partial charge in [0.2, 0.25) is 5.91 Å². The van der Waals surface area contributed by atoms with Crippen LogP contribution in [0.1, 0.15) is 58.4 Å². The fraction of sp³-hybridized carbons (Fsp3) is 0.649. The summed E-state index contributed by atoms with van der Waals surface area (Å²) in [5, 5.41) is 14.0. The number of aliphatic hydroxyl groups excluding tert-OH is 1. The molecule has 2 saturated heterocycles. The molecule has 5 atom stereocenters. The molecule has 49 heavy (non-hydrogen) atoms. The van der Waals surface area contributed by atoms with E-state index in [4.69, 9.17) is 14.2 Å². The summed E-state index contributed by atoms with van der Waals surface area (Å²) in [5.74, 6) is -0.937. The number of likely N-dealkylation sites (N-methyl/N-ethyl adjacent to an activating group) is 1. The number of halogens is 1. The number of carbonyl (C=O) groups excluding carboxylic acids is 3. The van der Waals surface area contributed by atoms with E-state index in [0.717, 1.165) is 25.9 Å². The number of cyclic esters (lactones) is 1. The molecule has 3 aliphatic heterocycles. The number of piperidine rings is 1. The number of piperazine rings is 1. The summed E-state index contributed by atoms with van der Waals surface area (Å²) in [6, 6.07) is 4.75. The summed E-state index contributed by atoms with van der Waals surface area (Å²) in [6.45, 7) is 10.6. The zero-order valence-electron chi connectivity index (χ0n) is 29.7. The average Bonchev–Trinajstić information content (AvgIpc) is 3.06. The Bertz CT molecular complexity index is 1320. The third kappa shape index (κ3) is 11.8. The summed E-state index contributed by atoms with van der Waals surface area (Å²) in [5.41, 5.74) is 1.97. The Morgan fingerprint density at radius 1 is 1.02 bits per heavy atom. The molecule has 3 aliphatic rings. The number of benzene rings is 1. The number of methoxy groups -OCH3 is 1. The van der Waals surface area contributed by atoms with Crippen molar-refractivity contribution in [2.24, 2.45) is 17.8 Å². The zero-order valence-corrected chi connectivity index (χ0v) is 29.7. The van der Waals surface area contributed by atoms with E-state index in [-0.39, 0.29) is 36.9 Å². The minimum Gasteiger partial charge on any atom is -0.457 e. The smallest absolute Gasteiger partial charge is 0.410 e. The van der Waals surface area contributed by atoms with Gasteiger partial charge in [0, 0.05) is 64.5 Å². The standard InChI is InChI=1S/C37H55FN4O7/c1-25-6-8-32(43)22-35(45)49-36(26(2)7-9-33(25)48-37(46)42-16-14-40(4)15-17-42)27(3)18-29-19-30(38)21-31(20-29)39-23-28-10-12-41(13-11-28)34(44)24-47-5/h7,9,18-21,25-26,28,32-33,36,39,43H,6,8,10-17,22-24H2,1-5H3/b9-7-,27-18+/t25-,26+,32+,33+,36+/m1/s1. The van der Waals surface area contributed by atoms with E-state index in [1.54, 1.807) is 4.90 Å². The fourth-order valence-corrected chi connectivity index (χ4v) is 6.64. The highest BCUT2D eigenvalue weighted by atomic mass is 19.1. The maximum absolute atomic E-state index is 14.8. The lowest BCUT2D eigenvalue weighted by molar-refractivity contribution is -0.151. The summed E-state index contributed by atoms with van der Waals surface area (Å²) in [6.07, 6.45) is 5.64. The number of ether oxygens (including phenoxy) is 3. The third-order valence-corrected chi connectivity index (χ3v) is 9.85. The highest BCUT2D eigenvalue weighted by Crippen LogP contribution is 2.27. The van der Waals surface area contributed by atoms with E-state index in [2.05, 4.69) is 10.2 Å². The van der Waals surface area contributed by atoms with Crippen molar-refractivity contribution in [1.29, 1.82) is 0 Å². The first kappa shape index (κ1) is 38.3. The molecular weight excluding hydrogens is 631 g/mol. The van der Waals surface area contributed by atoms with Crippen molar-refractivity contribution in [3.8, 4) is 0 Å².